The highest BCUT2D eigenvalue weighted by molar-refractivity contribution is 7.90. The standard InChI is InChI=1S/C12H19FN2O2S/c1-18(16,17)10-9-15(8-4-7-14)12-6-3-2-5-11(12)13/h2-3,5-6H,4,7-10,14H2,1H3. The summed E-state index contributed by atoms with van der Waals surface area (Å²) in [6.07, 6.45) is 1.87. The summed E-state index contributed by atoms with van der Waals surface area (Å²) in [4.78, 5) is 1.73. The predicted molar refractivity (Wildman–Crippen MR) is 72.0 cm³/mol. The molecule has 0 heterocycles. The molecule has 0 aromatic heterocycles. The first kappa shape index (κ1) is 14.9. The molecule has 0 amide bonds. The molecule has 6 heteroatoms. The van der Waals surface area contributed by atoms with Crippen molar-refractivity contribution in [2.24, 2.45) is 5.73 Å². The van der Waals surface area contributed by atoms with E-state index in [1.165, 1.54) is 12.3 Å². The van der Waals surface area contributed by atoms with E-state index >= 15 is 0 Å². The molecular weight excluding hydrogens is 255 g/mol. The molecule has 0 aliphatic carbocycles. The Labute approximate surface area is 108 Å². The smallest absolute Gasteiger partial charge is 0.149 e. The molecular formula is C12H19FN2O2S. The van der Waals surface area contributed by atoms with Gasteiger partial charge in [-0.15, -0.1) is 0 Å². The van der Waals surface area contributed by atoms with Crippen LogP contribution in [0.15, 0.2) is 24.3 Å². The fourth-order valence-electron chi connectivity index (χ4n) is 1.62. The molecule has 0 saturated heterocycles. The van der Waals surface area contributed by atoms with Gasteiger partial charge >= 0.3 is 0 Å². The quantitative estimate of drug-likeness (QED) is 0.806. The summed E-state index contributed by atoms with van der Waals surface area (Å²) in [5.74, 6) is -0.339. The largest absolute Gasteiger partial charge is 0.368 e. The monoisotopic (exact) mass is 274 g/mol. The second kappa shape index (κ2) is 6.70. The summed E-state index contributed by atoms with van der Waals surface area (Å²) in [6, 6.07) is 6.35. The van der Waals surface area contributed by atoms with Crippen LogP contribution >= 0.6 is 0 Å². The maximum Gasteiger partial charge on any atom is 0.149 e. The van der Waals surface area contributed by atoms with E-state index in [1.54, 1.807) is 23.1 Å². The molecule has 0 spiro atoms. The minimum atomic E-state index is -3.06. The molecule has 102 valence electrons. The summed E-state index contributed by atoms with van der Waals surface area (Å²) in [6.45, 7) is 1.32. The van der Waals surface area contributed by atoms with Crippen LogP contribution in [-0.4, -0.2) is 40.1 Å². The first-order chi connectivity index (χ1) is 8.44. The molecule has 0 bridgehead atoms. The topological polar surface area (TPSA) is 63.4 Å². The van der Waals surface area contributed by atoms with Crippen molar-refractivity contribution >= 4 is 15.5 Å². The van der Waals surface area contributed by atoms with Gasteiger partial charge in [0.1, 0.15) is 15.7 Å². The average Bonchev–Trinajstić information content (AvgIpc) is 2.29. The molecule has 0 aliphatic rings. The van der Waals surface area contributed by atoms with Gasteiger partial charge in [-0.05, 0) is 25.1 Å². The zero-order valence-corrected chi connectivity index (χ0v) is 11.3. The van der Waals surface area contributed by atoms with Crippen LogP contribution in [0.5, 0.6) is 0 Å². The third-order valence-corrected chi connectivity index (χ3v) is 3.48. The zero-order chi connectivity index (χ0) is 13.6. The lowest BCUT2D eigenvalue weighted by atomic mass is 10.2. The number of rotatable bonds is 7. The fraction of sp³-hybridized carbons (Fsp3) is 0.500. The summed E-state index contributed by atoms with van der Waals surface area (Å²) in [5.41, 5.74) is 5.86. The SMILES string of the molecule is CS(=O)(=O)CCN(CCCN)c1ccccc1F. The number of para-hydroxylation sites is 1. The van der Waals surface area contributed by atoms with E-state index in [4.69, 9.17) is 5.73 Å². The molecule has 0 radical (unpaired) electrons. The number of nitrogens with zero attached hydrogens (tertiary/aromatic N) is 1. The van der Waals surface area contributed by atoms with E-state index in [0.717, 1.165) is 0 Å². The molecule has 2 N–H and O–H groups in total. The van der Waals surface area contributed by atoms with Crippen LogP contribution in [0.3, 0.4) is 0 Å². The third kappa shape index (κ3) is 5.01. The first-order valence-electron chi connectivity index (χ1n) is 5.81. The number of anilines is 1. The lowest BCUT2D eigenvalue weighted by Gasteiger charge is -2.24. The Morgan fingerprint density at radius 2 is 1.94 bits per heavy atom. The van der Waals surface area contributed by atoms with Crippen molar-refractivity contribution in [2.75, 3.05) is 36.5 Å². The zero-order valence-electron chi connectivity index (χ0n) is 10.5. The van der Waals surface area contributed by atoms with Gasteiger partial charge in [0.25, 0.3) is 0 Å². The Kier molecular flexibility index (Phi) is 5.55. The molecule has 4 nitrogen and oxygen atoms in total. The van der Waals surface area contributed by atoms with Gasteiger partial charge < -0.3 is 10.6 Å². The minimum Gasteiger partial charge on any atom is -0.368 e. The maximum atomic E-state index is 13.7. The number of hydrogen-bond acceptors (Lipinski definition) is 4. The average molecular weight is 274 g/mol. The molecule has 1 aromatic rings. The highest BCUT2D eigenvalue weighted by Gasteiger charge is 2.13. The number of nitrogens with two attached hydrogens (primary N) is 1. The van der Waals surface area contributed by atoms with Crippen molar-refractivity contribution in [3.8, 4) is 0 Å². The van der Waals surface area contributed by atoms with Crippen molar-refractivity contribution in [3.63, 3.8) is 0 Å². The van der Waals surface area contributed by atoms with Gasteiger partial charge in [0.15, 0.2) is 0 Å². The van der Waals surface area contributed by atoms with Crippen molar-refractivity contribution in [3.05, 3.63) is 30.1 Å². The van der Waals surface area contributed by atoms with Crippen molar-refractivity contribution in [2.45, 2.75) is 6.42 Å². The number of halogens is 1. The van der Waals surface area contributed by atoms with Gasteiger partial charge in [0.05, 0.1) is 11.4 Å². The molecule has 1 rings (SSSR count). The van der Waals surface area contributed by atoms with E-state index in [9.17, 15) is 12.8 Å². The van der Waals surface area contributed by atoms with Crippen LogP contribution in [0.2, 0.25) is 0 Å². The highest BCUT2D eigenvalue weighted by atomic mass is 32.2. The molecule has 18 heavy (non-hydrogen) atoms. The van der Waals surface area contributed by atoms with E-state index in [2.05, 4.69) is 0 Å². The fourth-order valence-corrected chi connectivity index (χ4v) is 2.17. The van der Waals surface area contributed by atoms with Gasteiger partial charge in [-0.3, -0.25) is 0 Å². The Morgan fingerprint density at radius 1 is 1.28 bits per heavy atom. The lowest BCUT2D eigenvalue weighted by molar-refractivity contribution is 0.595. The van der Waals surface area contributed by atoms with Crippen molar-refractivity contribution < 1.29 is 12.8 Å². The van der Waals surface area contributed by atoms with E-state index in [0.29, 0.717) is 25.2 Å². The summed E-state index contributed by atoms with van der Waals surface area (Å²) < 4.78 is 36.0. The molecule has 1 aromatic carbocycles. The van der Waals surface area contributed by atoms with Crippen LogP contribution in [0.25, 0.3) is 0 Å². The Balaban J connectivity index is 2.81. The van der Waals surface area contributed by atoms with Gasteiger partial charge in [0, 0.05) is 19.3 Å². The van der Waals surface area contributed by atoms with Crippen molar-refractivity contribution in [1.82, 2.24) is 0 Å². The summed E-state index contributed by atoms with van der Waals surface area (Å²) >= 11 is 0. The second-order valence-corrected chi connectivity index (χ2v) is 6.47. The molecule has 0 saturated carbocycles. The van der Waals surface area contributed by atoms with E-state index in [-0.39, 0.29) is 18.1 Å². The Hall–Kier alpha value is -1.14. The van der Waals surface area contributed by atoms with Crippen LogP contribution in [0.4, 0.5) is 10.1 Å². The summed E-state index contributed by atoms with van der Waals surface area (Å²) in [5, 5.41) is 0. The Bertz CT molecular complexity index is 477. The molecule has 0 fully saturated rings. The van der Waals surface area contributed by atoms with E-state index < -0.39 is 9.84 Å². The minimum absolute atomic E-state index is 0.00586. The van der Waals surface area contributed by atoms with Crippen LogP contribution < -0.4 is 10.6 Å². The highest BCUT2D eigenvalue weighted by Crippen LogP contribution is 2.18. The third-order valence-electron chi connectivity index (χ3n) is 2.56. The van der Waals surface area contributed by atoms with Gasteiger partial charge in [0.2, 0.25) is 0 Å². The van der Waals surface area contributed by atoms with Crippen LogP contribution in [-0.2, 0) is 9.84 Å². The summed E-state index contributed by atoms with van der Waals surface area (Å²) in [7, 11) is -3.06. The van der Waals surface area contributed by atoms with Gasteiger partial charge in [-0.2, -0.15) is 0 Å². The van der Waals surface area contributed by atoms with Crippen LogP contribution in [0, 0.1) is 5.82 Å². The molecule has 0 unspecified atom stereocenters. The van der Waals surface area contributed by atoms with Crippen LogP contribution in [0.1, 0.15) is 6.42 Å². The van der Waals surface area contributed by atoms with E-state index in [1.807, 2.05) is 0 Å². The van der Waals surface area contributed by atoms with Crippen molar-refractivity contribution in [1.29, 1.82) is 0 Å². The van der Waals surface area contributed by atoms with Gasteiger partial charge in [-0.1, -0.05) is 12.1 Å². The molecule has 0 atom stereocenters. The maximum absolute atomic E-state index is 13.7. The second-order valence-electron chi connectivity index (χ2n) is 4.21. The molecule has 0 aliphatic heterocycles. The first-order valence-corrected chi connectivity index (χ1v) is 7.87. The Morgan fingerprint density at radius 3 is 2.50 bits per heavy atom. The normalized spacial score (nSPS) is 11.5. The number of hydrogen-bond donors (Lipinski definition) is 1. The van der Waals surface area contributed by atoms with Gasteiger partial charge in [-0.25, -0.2) is 12.8 Å². The predicted octanol–water partition coefficient (Wildman–Crippen LogP) is 1.03. The lowest BCUT2D eigenvalue weighted by Crippen LogP contribution is -2.31. The number of benzene rings is 1. The number of sulfone groups is 1.